The fourth-order valence-electron chi connectivity index (χ4n) is 7.28. The minimum Gasteiger partial charge on any atom is -0.481 e. The second-order valence-corrected chi connectivity index (χ2v) is 21.5. The normalized spacial score (nSPS) is 11.3. The highest BCUT2D eigenvalue weighted by molar-refractivity contribution is 5.79. The van der Waals surface area contributed by atoms with Crippen molar-refractivity contribution in [2.45, 2.75) is 181 Å². The maximum Gasteiger partial charge on any atom is 0.407 e. The average molecular weight is 1250 g/mol. The first kappa shape index (κ1) is 84.4. The molecule has 4 amide bonds. The molecule has 90 heavy (non-hydrogen) atoms. The van der Waals surface area contributed by atoms with Gasteiger partial charge in [0.15, 0.2) is 0 Å². The molecule has 3 aromatic rings. The minimum absolute atomic E-state index is 0.0240. The number of carbonyl (C=O) groups excluding carboxylic acids is 4. The standard InChI is InChI=1S/C34H49N3O2.C14H21N3O.C10H22N2O2.C9H9NO2.C5H14N2/c1-2-3-4-5-6-7-8-9-10-11-12-13-14-15-16-17-19-26-33(38)36-29-20-18-21-30-37-34(39)27-22-24-32-25-23-28-35-31-32;15-9-2-1-3-11-17-14(18)8-4-6-13-7-5-10-16-12-13;1-10(2,3)14-9(13)12-8-6-4-5-7-11;11-9(12)5-1-3-8-4-2-6-10-7-8;6-4-2-1-3-5-7/h3-4,6-7,9-10,12-13,15-16,22-25,28,31H,2,5,8,11,14,17-21,26-27,29-30H2,1H3,(H,36,38)(H,37,39);4-7,10,12H,1-3,8-9,11,15H2,(H,17,18);4-8,11H2,1-3H3,(H,12,13);1-4,6-7H,5H2,(H,11,12);1-7H2/b4-3-,7-6-,10-9-,13-12-,16-15-,24-22+;6-4+;;3-1+;. The van der Waals surface area contributed by atoms with Crippen molar-refractivity contribution in [3.63, 3.8) is 0 Å². The first-order chi connectivity index (χ1) is 43.7. The summed E-state index contributed by atoms with van der Waals surface area (Å²) in [5.41, 5.74) is 23.7. The fourth-order valence-corrected chi connectivity index (χ4v) is 7.28. The number of amides is 4. The quantitative estimate of drug-likeness (QED) is 0.0188. The van der Waals surface area contributed by atoms with Gasteiger partial charge in [0.2, 0.25) is 17.7 Å². The molecule has 0 saturated carbocycles. The number of hydrogen-bond donors (Lipinski definition) is 9. The molecule has 0 saturated heterocycles. The van der Waals surface area contributed by atoms with E-state index in [2.05, 4.69) is 104 Å². The molecule has 3 aromatic heterocycles. The highest BCUT2D eigenvalue weighted by Crippen LogP contribution is 2.07. The van der Waals surface area contributed by atoms with Gasteiger partial charge in [-0.1, -0.05) is 142 Å². The summed E-state index contributed by atoms with van der Waals surface area (Å²) in [6, 6.07) is 11.3. The molecule has 18 heteroatoms. The van der Waals surface area contributed by atoms with Crippen molar-refractivity contribution in [2.75, 3.05) is 52.4 Å². The van der Waals surface area contributed by atoms with Crippen LogP contribution in [0.3, 0.4) is 0 Å². The lowest BCUT2D eigenvalue weighted by atomic mass is 10.2. The van der Waals surface area contributed by atoms with Crippen molar-refractivity contribution >= 4 is 48.0 Å². The van der Waals surface area contributed by atoms with E-state index < -0.39 is 11.6 Å². The Balaban J connectivity index is 0. The fraction of sp³-hybridized carbons (Fsp3) is 0.500. The molecule has 0 aromatic carbocycles. The summed E-state index contributed by atoms with van der Waals surface area (Å²) < 4.78 is 5.07. The third-order valence-electron chi connectivity index (χ3n) is 12.0. The van der Waals surface area contributed by atoms with Crippen LogP contribution in [-0.2, 0) is 23.9 Å². The molecule has 3 rings (SSSR count). The van der Waals surface area contributed by atoms with Crippen molar-refractivity contribution in [2.24, 2.45) is 22.9 Å². The molecule has 0 aliphatic rings. The number of alkyl carbamates (subject to hydrolysis) is 1. The molecule has 0 radical (unpaired) electrons. The second kappa shape index (κ2) is 65.8. The molecule has 18 nitrogen and oxygen atoms in total. The van der Waals surface area contributed by atoms with Gasteiger partial charge < -0.3 is 54.0 Å². The van der Waals surface area contributed by atoms with Gasteiger partial charge in [-0.05, 0) is 185 Å². The number of carboxylic acids is 1. The molecule has 13 N–H and O–H groups in total. The maximum atomic E-state index is 12.0. The van der Waals surface area contributed by atoms with E-state index in [1.807, 2.05) is 75.4 Å². The van der Waals surface area contributed by atoms with E-state index in [0.29, 0.717) is 45.4 Å². The Morgan fingerprint density at radius 3 is 1.14 bits per heavy atom. The van der Waals surface area contributed by atoms with Crippen LogP contribution in [0.5, 0.6) is 0 Å². The van der Waals surface area contributed by atoms with E-state index in [0.717, 1.165) is 158 Å². The summed E-state index contributed by atoms with van der Waals surface area (Å²) in [6.07, 6.45) is 63.3. The van der Waals surface area contributed by atoms with E-state index in [1.165, 1.54) is 6.42 Å². The molecule has 0 bridgehead atoms. The molecular formula is C72H115N11O7. The second-order valence-electron chi connectivity index (χ2n) is 21.5. The van der Waals surface area contributed by atoms with Gasteiger partial charge in [0, 0.05) is 82.6 Å². The summed E-state index contributed by atoms with van der Waals surface area (Å²) in [6.45, 7) is 13.5. The van der Waals surface area contributed by atoms with E-state index >= 15 is 0 Å². The van der Waals surface area contributed by atoms with Crippen LogP contribution in [0.25, 0.3) is 18.2 Å². The van der Waals surface area contributed by atoms with E-state index in [-0.39, 0.29) is 30.2 Å². The number of nitrogens with one attached hydrogen (secondary N) is 4. The number of carboxylic acid groups (broad SMARTS) is 1. The number of carbonyl (C=O) groups is 5. The van der Waals surface area contributed by atoms with Crippen LogP contribution in [0, 0.1) is 0 Å². The van der Waals surface area contributed by atoms with Gasteiger partial charge >= 0.3 is 12.1 Å². The molecule has 500 valence electrons. The zero-order valence-electron chi connectivity index (χ0n) is 55.1. The Hall–Kier alpha value is -7.64. The Bertz CT molecular complexity index is 2420. The van der Waals surface area contributed by atoms with Gasteiger partial charge in [-0.15, -0.1) is 0 Å². The molecule has 0 aliphatic carbocycles. The van der Waals surface area contributed by atoms with Crippen LogP contribution < -0.4 is 44.2 Å². The number of pyridine rings is 3. The van der Waals surface area contributed by atoms with Gasteiger partial charge in [0.1, 0.15) is 5.60 Å². The van der Waals surface area contributed by atoms with Crippen LogP contribution in [0.1, 0.15) is 192 Å². The molecule has 0 spiro atoms. The number of aliphatic carboxylic acids is 1. The largest absolute Gasteiger partial charge is 0.481 e. The van der Waals surface area contributed by atoms with Crippen molar-refractivity contribution in [3.8, 4) is 0 Å². The van der Waals surface area contributed by atoms with Gasteiger partial charge in [-0.3, -0.25) is 34.1 Å². The first-order valence-corrected chi connectivity index (χ1v) is 32.4. The number of ether oxygens (including phenoxy) is 1. The maximum absolute atomic E-state index is 12.0. The number of hydrogen-bond acceptors (Lipinski definition) is 13. The predicted octanol–water partition coefficient (Wildman–Crippen LogP) is 12.8. The Morgan fingerprint density at radius 2 is 0.789 bits per heavy atom. The molecular weight excluding hydrogens is 1130 g/mol. The molecule has 0 fully saturated rings. The SMILES string of the molecule is CC(C)(C)OC(=O)NCCCCCN.CC/C=C\C/C=C\C/C=C\C/C=C\C/C=C\CCCC(=O)NCCCCCNC(=O)C/C=C/c1cccnc1.NCCCCCN.NCCCCCNC(=O)C/C=C/c1cccnc1.O=C(O)C/C=C/c1cccnc1. The lowest BCUT2D eigenvalue weighted by Gasteiger charge is -2.19. The highest BCUT2D eigenvalue weighted by atomic mass is 16.6. The molecule has 0 atom stereocenters. The number of nitrogens with two attached hydrogens (primary N) is 4. The Morgan fingerprint density at radius 1 is 0.444 bits per heavy atom. The van der Waals surface area contributed by atoms with Gasteiger partial charge in [0.05, 0.1) is 6.42 Å². The van der Waals surface area contributed by atoms with Crippen LogP contribution in [0.2, 0.25) is 0 Å². The first-order valence-electron chi connectivity index (χ1n) is 32.4. The zero-order valence-corrected chi connectivity index (χ0v) is 55.1. The van der Waals surface area contributed by atoms with Gasteiger partial charge in [-0.25, -0.2) is 4.79 Å². The third kappa shape index (κ3) is 67.9. The van der Waals surface area contributed by atoms with E-state index in [9.17, 15) is 24.0 Å². The van der Waals surface area contributed by atoms with Gasteiger partial charge in [-0.2, -0.15) is 0 Å². The number of unbranched alkanes of at least 4 members (excludes halogenated alkanes) is 9. The Labute approximate surface area is 541 Å². The lowest BCUT2D eigenvalue weighted by molar-refractivity contribution is -0.136. The van der Waals surface area contributed by atoms with Crippen LogP contribution in [0.4, 0.5) is 4.79 Å². The van der Waals surface area contributed by atoms with Crippen LogP contribution >= 0.6 is 0 Å². The monoisotopic (exact) mass is 1250 g/mol. The topological polar surface area (TPSA) is 306 Å². The summed E-state index contributed by atoms with van der Waals surface area (Å²) in [5, 5.41) is 19.8. The highest BCUT2D eigenvalue weighted by Gasteiger charge is 2.15. The van der Waals surface area contributed by atoms with Crippen molar-refractivity contribution in [1.82, 2.24) is 36.2 Å². The summed E-state index contributed by atoms with van der Waals surface area (Å²) >= 11 is 0. The number of allylic oxidation sites excluding steroid dienone is 10. The summed E-state index contributed by atoms with van der Waals surface area (Å²) in [4.78, 5) is 68.5. The molecule has 3 heterocycles. The summed E-state index contributed by atoms with van der Waals surface area (Å²) in [5.74, 6) is -0.620. The minimum atomic E-state index is -0.824. The number of aromatic nitrogens is 3. The lowest BCUT2D eigenvalue weighted by Crippen LogP contribution is -2.33. The van der Waals surface area contributed by atoms with Gasteiger partial charge in [0.25, 0.3) is 0 Å². The molecule has 0 unspecified atom stereocenters. The van der Waals surface area contributed by atoms with Crippen LogP contribution in [0.15, 0.2) is 153 Å². The number of nitrogens with zero attached hydrogens (tertiary/aromatic N) is 3. The summed E-state index contributed by atoms with van der Waals surface area (Å²) in [7, 11) is 0. The predicted molar refractivity (Wildman–Crippen MR) is 374 cm³/mol. The van der Waals surface area contributed by atoms with E-state index in [4.69, 9.17) is 32.8 Å². The smallest absolute Gasteiger partial charge is 0.407 e. The van der Waals surface area contributed by atoms with Crippen molar-refractivity contribution in [3.05, 3.63) is 169 Å². The Kier molecular flexibility index (Phi) is 61.7. The zero-order chi connectivity index (χ0) is 66.5. The third-order valence-corrected chi connectivity index (χ3v) is 12.0. The van der Waals surface area contributed by atoms with Crippen LogP contribution in [-0.4, -0.2) is 108 Å². The average Bonchev–Trinajstić information content (AvgIpc) is 3.66. The van der Waals surface area contributed by atoms with Crippen molar-refractivity contribution in [1.29, 1.82) is 0 Å². The van der Waals surface area contributed by atoms with E-state index in [1.54, 1.807) is 55.4 Å². The molecule has 0 aliphatic heterocycles. The number of rotatable bonds is 42. The van der Waals surface area contributed by atoms with Crippen molar-refractivity contribution < 1.29 is 33.8 Å².